The number of alkyl halides is 1. The summed E-state index contributed by atoms with van der Waals surface area (Å²) in [6, 6.07) is 7.71. The van der Waals surface area contributed by atoms with Gasteiger partial charge in [-0.25, -0.2) is 0 Å². The Morgan fingerprint density at radius 2 is 2.19 bits per heavy atom. The van der Waals surface area contributed by atoms with Crippen LogP contribution in [-0.2, 0) is 5.33 Å². The Kier molecular flexibility index (Phi) is 5.13. The molecule has 0 bridgehead atoms. The van der Waals surface area contributed by atoms with Crippen LogP contribution in [0.4, 0.5) is 0 Å². The zero-order chi connectivity index (χ0) is 12.0. The van der Waals surface area contributed by atoms with E-state index in [0.29, 0.717) is 18.1 Å². The van der Waals surface area contributed by atoms with E-state index in [1.54, 1.807) is 6.92 Å². The van der Waals surface area contributed by atoms with E-state index >= 15 is 0 Å². The topological polar surface area (TPSA) is 42.2 Å². The third-order valence-electron chi connectivity index (χ3n) is 1.95. The summed E-state index contributed by atoms with van der Waals surface area (Å²) in [5.74, 6) is 1.29. The van der Waals surface area contributed by atoms with E-state index in [9.17, 15) is 0 Å². The zero-order valence-corrected chi connectivity index (χ0v) is 11.0. The molecule has 1 unspecified atom stereocenters. The molecule has 1 aromatic carbocycles. The molecule has 1 aromatic rings. The zero-order valence-electron chi connectivity index (χ0n) is 9.37. The third-order valence-corrected chi connectivity index (χ3v) is 2.60. The highest BCUT2D eigenvalue weighted by Gasteiger charge is 2.09. The smallest absolute Gasteiger partial charge is 0.181 e. The average molecular weight is 284 g/mol. The first-order chi connectivity index (χ1) is 7.71. The lowest BCUT2D eigenvalue weighted by molar-refractivity contribution is 0.250. The van der Waals surface area contributed by atoms with Gasteiger partial charge in [0.15, 0.2) is 17.6 Å². The molecule has 16 heavy (non-hydrogen) atoms. The molecule has 4 heteroatoms. The van der Waals surface area contributed by atoms with Crippen LogP contribution in [0.25, 0.3) is 0 Å². The van der Waals surface area contributed by atoms with Gasteiger partial charge in [-0.1, -0.05) is 22.0 Å². The van der Waals surface area contributed by atoms with Gasteiger partial charge in [0, 0.05) is 5.33 Å². The maximum absolute atomic E-state index is 8.69. The number of nitrogens with zero attached hydrogens (tertiary/aromatic N) is 1. The molecule has 0 N–H and O–H groups in total. The van der Waals surface area contributed by atoms with E-state index in [-0.39, 0.29) is 0 Å². The minimum atomic E-state index is -0.478. The number of rotatable bonds is 5. The number of hydrogen-bond acceptors (Lipinski definition) is 3. The molecule has 0 radical (unpaired) electrons. The summed E-state index contributed by atoms with van der Waals surface area (Å²) in [6.45, 7) is 4.19. The molecule has 0 spiro atoms. The van der Waals surface area contributed by atoms with Gasteiger partial charge in [-0.05, 0) is 31.5 Å². The van der Waals surface area contributed by atoms with Crippen molar-refractivity contribution in [1.29, 1.82) is 5.26 Å². The molecular formula is C12H14BrNO2. The normalized spacial score (nSPS) is 11.6. The molecule has 0 aliphatic rings. The van der Waals surface area contributed by atoms with Crippen LogP contribution in [0.3, 0.4) is 0 Å². The second-order valence-electron chi connectivity index (χ2n) is 3.24. The van der Waals surface area contributed by atoms with Crippen LogP contribution in [0.15, 0.2) is 18.2 Å². The van der Waals surface area contributed by atoms with Crippen molar-refractivity contribution in [2.24, 2.45) is 0 Å². The summed E-state index contributed by atoms with van der Waals surface area (Å²) in [5.41, 5.74) is 1.11. The Morgan fingerprint density at radius 1 is 1.44 bits per heavy atom. The van der Waals surface area contributed by atoms with Crippen molar-refractivity contribution in [3.8, 4) is 17.6 Å². The van der Waals surface area contributed by atoms with Crippen LogP contribution in [0.2, 0.25) is 0 Å². The maximum atomic E-state index is 8.69. The molecule has 0 saturated heterocycles. The van der Waals surface area contributed by atoms with Gasteiger partial charge in [-0.2, -0.15) is 5.26 Å². The van der Waals surface area contributed by atoms with E-state index in [4.69, 9.17) is 14.7 Å². The minimum Gasteiger partial charge on any atom is -0.490 e. The molecule has 3 nitrogen and oxygen atoms in total. The molecule has 0 amide bonds. The largest absolute Gasteiger partial charge is 0.490 e. The van der Waals surface area contributed by atoms with Gasteiger partial charge in [-0.15, -0.1) is 0 Å². The lowest BCUT2D eigenvalue weighted by atomic mass is 10.2. The SMILES string of the molecule is CCOc1cc(CBr)ccc1OC(C)C#N. The van der Waals surface area contributed by atoms with Crippen molar-refractivity contribution in [1.82, 2.24) is 0 Å². The van der Waals surface area contributed by atoms with Crippen LogP contribution >= 0.6 is 15.9 Å². The highest BCUT2D eigenvalue weighted by molar-refractivity contribution is 9.08. The van der Waals surface area contributed by atoms with E-state index < -0.39 is 6.10 Å². The summed E-state index contributed by atoms with van der Waals surface area (Å²) in [7, 11) is 0. The summed E-state index contributed by atoms with van der Waals surface area (Å²) < 4.78 is 10.9. The molecule has 1 atom stereocenters. The molecule has 0 aliphatic heterocycles. The predicted molar refractivity (Wildman–Crippen MR) is 65.9 cm³/mol. The second kappa shape index (κ2) is 6.39. The van der Waals surface area contributed by atoms with Gasteiger partial charge in [-0.3, -0.25) is 0 Å². The van der Waals surface area contributed by atoms with Crippen LogP contribution < -0.4 is 9.47 Å². The lowest BCUT2D eigenvalue weighted by Gasteiger charge is -2.13. The first-order valence-corrected chi connectivity index (χ1v) is 6.21. The first kappa shape index (κ1) is 12.9. The molecule has 0 saturated carbocycles. The van der Waals surface area contributed by atoms with Crippen LogP contribution in [0.1, 0.15) is 19.4 Å². The highest BCUT2D eigenvalue weighted by Crippen LogP contribution is 2.30. The number of halogens is 1. The first-order valence-electron chi connectivity index (χ1n) is 5.09. The van der Waals surface area contributed by atoms with E-state index in [1.807, 2.05) is 31.2 Å². The van der Waals surface area contributed by atoms with Gasteiger partial charge in [0.2, 0.25) is 0 Å². The fourth-order valence-corrected chi connectivity index (χ4v) is 1.57. The molecular weight excluding hydrogens is 270 g/mol. The van der Waals surface area contributed by atoms with Gasteiger partial charge >= 0.3 is 0 Å². The Bertz CT molecular complexity index is 387. The fourth-order valence-electron chi connectivity index (χ4n) is 1.22. The number of nitriles is 1. The number of benzene rings is 1. The fraction of sp³-hybridized carbons (Fsp3) is 0.417. The van der Waals surface area contributed by atoms with E-state index in [2.05, 4.69) is 15.9 Å². The van der Waals surface area contributed by atoms with Crippen molar-refractivity contribution in [3.05, 3.63) is 23.8 Å². The molecule has 0 heterocycles. The van der Waals surface area contributed by atoms with Gasteiger partial charge in [0.1, 0.15) is 6.07 Å². The number of ether oxygens (including phenoxy) is 2. The van der Waals surface area contributed by atoms with Gasteiger partial charge < -0.3 is 9.47 Å². The van der Waals surface area contributed by atoms with Crippen molar-refractivity contribution in [2.45, 2.75) is 25.3 Å². The molecule has 86 valence electrons. The standard InChI is InChI=1S/C12H14BrNO2/c1-3-15-12-6-10(7-13)4-5-11(12)16-9(2)8-14/h4-6,9H,3,7H2,1-2H3. The Balaban J connectivity index is 2.94. The average Bonchev–Trinajstić information content (AvgIpc) is 2.31. The summed E-state index contributed by atoms with van der Waals surface area (Å²) in [6.07, 6.45) is -0.478. The predicted octanol–water partition coefficient (Wildman–Crippen LogP) is 3.27. The monoisotopic (exact) mass is 283 g/mol. The Morgan fingerprint density at radius 3 is 2.75 bits per heavy atom. The van der Waals surface area contributed by atoms with Crippen molar-refractivity contribution in [3.63, 3.8) is 0 Å². The quantitative estimate of drug-likeness (QED) is 0.779. The summed E-state index contributed by atoms with van der Waals surface area (Å²) in [4.78, 5) is 0. The Hall–Kier alpha value is -1.21. The van der Waals surface area contributed by atoms with Crippen LogP contribution in [-0.4, -0.2) is 12.7 Å². The van der Waals surface area contributed by atoms with Crippen molar-refractivity contribution < 1.29 is 9.47 Å². The maximum Gasteiger partial charge on any atom is 0.181 e. The second-order valence-corrected chi connectivity index (χ2v) is 3.80. The molecule has 0 fully saturated rings. The summed E-state index contributed by atoms with van der Waals surface area (Å²) >= 11 is 3.38. The summed E-state index contributed by atoms with van der Waals surface area (Å²) in [5, 5.41) is 9.46. The van der Waals surface area contributed by atoms with Crippen molar-refractivity contribution in [2.75, 3.05) is 6.61 Å². The van der Waals surface area contributed by atoms with Gasteiger partial charge in [0.05, 0.1) is 6.61 Å². The molecule has 0 aliphatic carbocycles. The van der Waals surface area contributed by atoms with Crippen LogP contribution in [0, 0.1) is 11.3 Å². The third kappa shape index (κ3) is 3.42. The highest BCUT2D eigenvalue weighted by atomic mass is 79.9. The Labute approximate surface area is 104 Å². The minimum absolute atomic E-state index is 0.478. The number of hydrogen-bond donors (Lipinski definition) is 0. The van der Waals surface area contributed by atoms with Gasteiger partial charge in [0.25, 0.3) is 0 Å². The lowest BCUT2D eigenvalue weighted by Crippen LogP contribution is -2.09. The van der Waals surface area contributed by atoms with Crippen molar-refractivity contribution >= 4 is 15.9 Å². The van der Waals surface area contributed by atoms with E-state index in [1.165, 1.54) is 0 Å². The molecule has 1 rings (SSSR count). The van der Waals surface area contributed by atoms with E-state index in [0.717, 1.165) is 10.9 Å². The van der Waals surface area contributed by atoms with Crippen LogP contribution in [0.5, 0.6) is 11.5 Å². The molecule has 0 aromatic heterocycles.